The number of carbonyl (C=O) groups is 1. The highest BCUT2D eigenvalue weighted by atomic mass is 19.4. The Bertz CT molecular complexity index is 666. The van der Waals surface area contributed by atoms with Gasteiger partial charge >= 0.3 is 12.2 Å². The fourth-order valence-corrected chi connectivity index (χ4v) is 1.90. The molecule has 0 fully saturated rings. The van der Waals surface area contributed by atoms with E-state index in [-0.39, 0.29) is 5.82 Å². The first-order chi connectivity index (χ1) is 9.77. The van der Waals surface area contributed by atoms with Gasteiger partial charge in [0.1, 0.15) is 5.82 Å². The Hall–Kier alpha value is -2.57. The fraction of sp³-hybridized carbons (Fsp3) is 0.143. The summed E-state index contributed by atoms with van der Waals surface area (Å²) in [6, 6.07) is 7.27. The van der Waals surface area contributed by atoms with Gasteiger partial charge in [0.25, 0.3) is 0 Å². The van der Waals surface area contributed by atoms with Crippen molar-refractivity contribution in [1.82, 2.24) is 4.98 Å². The van der Waals surface area contributed by atoms with Gasteiger partial charge in [0, 0.05) is 11.3 Å². The number of nitrogens with zero attached hydrogens (tertiary/aromatic N) is 1. The van der Waals surface area contributed by atoms with Gasteiger partial charge in [-0.05, 0) is 36.8 Å². The van der Waals surface area contributed by atoms with Gasteiger partial charge < -0.3 is 5.73 Å². The number of nitrogens with one attached hydrogen (secondary N) is 1. The molecule has 0 atom stereocenters. The molecule has 7 heteroatoms. The molecule has 0 radical (unpaired) electrons. The van der Waals surface area contributed by atoms with E-state index in [1.54, 1.807) is 13.0 Å². The van der Waals surface area contributed by atoms with Crippen molar-refractivity contribution in [2.75, 3.05) is 5.32 Å². The number of carbonyl (C=O) groups excluding carboxylic acids is 1. The summed E-state index contributed by atoms with van der Waals surface area (Å²) in [5.41, 5.74) is 6.14. The minimum atomic E-state index is -4.36. The molecule has 2 aromatic rings. The number of benzene rings is 1. The molecule has 21 heavy (non-hydrogen) atoms. The zero-order valence-electron chi connectivity index (χ0n) is 11.0. The number of halogens is 3. The number of alkyl halides is 3. The van der Waals surface area contributed by atoms with Gasteiger partial charge in [0.05, 0.1) is 5.56 Å². The number of hydrogen-bond donors (Lipinski definition) is 2. The fourth-order valence-electron chi connectivity index (χ4n) is 1.90. The molecule has 2 amide bonds. The molecule has 0 saturated carbocycles. The average molecular weight is 295 g/mol. The largest absolute Gasteiger partial charge is 0.416 e. The van der Waals surface area contributed by atoms with E-state index in [4.69, 9.17) is 5.73 Å². The first-order valence-electron chi connectivity index (χ1n) is 5.99. The van der Waals surface area contributed by atoms with E-state index in [1.165, 1.54) is 18.2 Å². The molecule has 1 aromatic heterocycles. The molecule has 0 aliphatic heterocycles. The normalized spacial score (nSPS) is 11.2. The highest BCUT2D eigenvalue weighted by Gasteiger charge is 2.30. The van der Waals surface area contributed by atoms with Crippen molar-refractivity contribution < 1.29 is 18.0 Å². The van der Waals surface area contributed by atoms with Crippen LogP contribution in [-0.4, -0.2) is 11.0 Å². The molecule has 0 aliphatic carbocycles. The van der Waals surface area contributed by atoms with Crippen LogP contribution in [0.15, 0.2) is 36.4 Å². The van der Waals surface area contributed by atoms with Crippen molar-refractivity contribution in [3.05, 3.63) is 47.7 Å². The van der Waals surface area contributed by atoms with E-state index < -0.39 is 17.8 Å². The summed E-state index contributed by atoms with van der Waals surface area (Å²) in [5.74, 6) is 0.288. The zero-order chi connectivity index (χ0) is 15.6. The standard InChI is InChI=1S/C14H12F3N3O/c1-8-11(6-7-12(19-8)20-13(18)21)9-2-4-10(5-3-9)14(15,16)17/h2-7H,1H3,(H3,18,19,20,21). The molecule has 3 N–H and O–H groups in total. The number of urea groups is 1. The van der Waals surface area contributed by atoms with E-state index >= 15 is 0 Å². The van der Waals surface area contributed by atoms with Gasteiger partial charge in [0.2, 0.25) is 0 Å². The topological polar surface area (TPSA) is 68.0 Å². The molecular weight excluding hydrogens is 283 g/mol. The number of aromatic nitrogens is 1. The molecule has 0 spiro atoms. The summed E-state index contributed by atoms with van der Waals surface area (Å²) in [4.78, 5) is 14.9. The lowest BCUT2D eigenvalue weighted by molar-refractivity contribution is -0.137. The molecular formula is C14H12F3N3O. The van der Waals surface area contributed by atoms with Crippen molar-refractivity contribution in [1.29, 1.82) is 0 Å². The van der Waals surface area contributed by atoms with Crippen LogP contribution >= 0.6 is 0 Å². The van der Waals surface area contributed by atoms with Crippen molar-refractivity contribution in [2.45, 2.75) is 13.1 Å². The van der Waals surface area contributed by atoms with Crippen LogP contribution in [0.4, 0.5) is 23.8 Å². The summed E-state index contributed by atoms with van der Waals surface area (Å²) in [5, 5.41) is 2.33. The Kier molecular flexibility index (Phi) is 3.84. The first-order valence-corrected chi connectivity index (χ1v) is 5.99. The molecule has 0 unspecified atom stereocenters. The highest BCUT2D eigenvalue weighted by molar-refractivity contribution is 5.87. The number of aryl methyl sites for hydroxylation is 1. The quantitative estimate of drug-likeness (QED) is 0.889. The lowest BCUT2D eigenvalue weighted by Crippen LogP contribution is -2.20. The Morgan fingerprint density at radius 2 is 1.76 bits per heavy atom. The van der Waals surface area contributed by atoms with Crippen LogP contribution in [0.25, 0.3) is 11.1 Å². The van der Waals surface area contributed by atoms with E-state index in [2.05, 4.69) is 10.3 Å². The van der Waals surface area contributed by atoms with Crippen LogP contribution in [0.3, 0.4) is 0 Å². The average Bonchev–Trinajstić information content (AvgIpc) is 2.37. The smallest absolute Gasteiger partial charge is 0.351 e. The van der Waals surface area contributed by atoms with Crippen LogP contribution in [-0.2, 0) is 6.18 Å². The Balaban J connectivity index is 2.32. The molecule has 0 saturated heterocycles. The van der Waals surface area contributed by atoms with E-state index in [0.29, 0.717) is 16.8 Å². The van der Waals surface area contributed by atoms with Crippen molar-refractivity contribution in [2.24, 2.45) is 5.73 Å². The van der Waals surface area contributed by atoms with Crippen molar-refractivity contribution in [3.8, 4) is 11.1 Å². The second-order valence-electron chi connectivity index (χ2n) is 4.39. The summed E-state index contributed by atoms with van der Waals surface area (Å²) < 4.78 is 37.5. The first kappa shape index (κ1) is 14.8. The Morgan fingerprint density at radius 3 is 2.24 bits per heavy atom. The van der Waals surface area contributed by atoms with Gasteiger partial charge in [-0.1, -0.05) is 12.1 Å². The van der Waals surface area contributed by atoms with Gasteiger partial charge in [-0.3, -0.25) is 5.32 Å². The van der Waals surface area contributed by atoms with Crippen LogP contribution in [0, 0.1) is 6.92 Å². The number of pyridine rings is 1. The molecule has 2 rings (SSSR count). The molecule has 1 heterocycles. The number of rotatable bonds is 2. The summed E-state index contributed by atoms with van der Waals surface area (Å²) in [7, 11) is 0. The molecule has 4 nitrogen and oxygen atoms in total. The Labute approximate surface area is 118 Å². The summed E-state index contributed by atoms with van der Waals surface area (Å²) >= 11 is 0. The number of amides is 2. The Morgan fingerprint density at radius 1 is 1.14 bits per heavy atom. The third-order valence-electron chi connectivity index (χ3n) is 2.86. The maximum atomic E-state index is 12.5. The minimum absolute atomic E-state index is 0.288. The van der Waals surface area contributed by atoms with Crippen molar-refractivity contribution >= 4 is 11.8 Å². The van der Waals surface area contributed by atoms with Gasteiger partial charge in [-0.25, -0.2) is 9.78 Å². The monoisotopic (exact) mass is 295 g/mol. The van der Waals surface area contributed by atoms with Crippen molar-refractivity contribution in [3.63, 3.8) is 0 Å². The zero-order valence-corrected chi connectivity index (χ0v) is 11.0. The van der Waals surface area contributed by atoms with Gasteiger partial charge in [-0.15, -0.1) is 0 Å². The van der Waals surface area contributed by atoms with Gasteiger partial charge in [0.15, 0.2) is 0 Å². The van der Waals surface area contributed by atoms with Crippen LogP contribution in [0.1, 0.15) is 11.3 Å². The van der Waals surface area contributed by atoms with Gasteiger partial charge in [-0.2, -0.15) is 13.2 Å². The van der Waals surface area contributed by atoms with Crippen LogP contribution in [0.5, 0.6) is 0 Å². The van der Waals surface area contributed by atoms with Crippen LogP contribution in [0.2, 0.25) is 0 Å². The number of anilines is 1. The number of primary amides is 1. The second kappa shape index (κ2) is 5.43. The maximum Gasteiger partial charge on any atom is 0.416 e. The lowest BCUT2D eigenvalue weighted by Gasteiger charge is -2.10. The number of hydrogen-bond acceptors (Lipinski definition) is 2. The summed E-state index contributed by atoms with van der Waals surface area (Å²) in [6.07, 6.45) is -4.36. The predicted molar refractivity (Wildman–Crippen MR) is 72.6 cm³/mol. The number of nitrogens with two attached hydrogens (primary N) is 1. The summed E-state index contributed by atoms with van der Waals surface area (Å²) in [6.45, 7) is 1.69. The maximum absolute atomic E-state index is 12.5. The van der Waals surface area contributed by atoms with E-state index in [1.807, 2.05) is 0 Å². The minimum Gasteiger partial charge on any atom is -0.351 e. The third kappa shape index (κ3) is 3.50. The molecule has 110 valence electrons. The van der Waals surface area contributed by atoms with Crippen LogP contribution < -0.4 is 11.1 Å². The third-order valence-corrected chi connectivity index (χ3v) is 2.86. The SMILES string of the molecule is Cc1nc(NC(N)=O)ccc1-c1ccc(C(F)(F)F)cc1. The molecule has 1 aromatic carbocycles. The second-order valence-corrected chi connectivity index (χ2v) is 4.39. The van der Waals surface area contributed by atoms with E-state index in [9.17, 15) is 18.0 Å². The highest BCUT2D eigenvalue weighted by Crippen LogP contribution is 2.31. The van der Waals surface area contributed by atoms with E-state index in [0.717, 1.165) is 12.1 Å². The molecule has 0 aliphatic rings. The predicted octanol–water partition coefficient (Wildman–Crippen LogP) is 3.57. The lowest BCUT2D eigenvalue weighted by atomic mass is 10.0. The molecule has 0 bridgehead atoms.